The van der Waals surface area contributed by atoms with E-state index in [1.807, 2.05) is 12.1 Å². The summed E-state index contributed by atoms with van der Waals surface area (Å²) < 4.78 is 7.45. The Balaban J connectivity index is 1.80. The Labute approximate surface area is 149 Å². The summed E-state index contributed by atoms with van der Waals surface area (Å²) in [5.41, 5.74) is 2.96. The van der Waals surface area contributed by atoms with Gasteiger partial charge in [-0.25, -0.2) is 0 Å². The molecule has 1 amide bonds. The topological polar surface area (TPSA) is 63.3 Å². The molecule has 0 radical (unpaired) electrons. The smallest absolute Gasteiger partial charge is 0.274 e. The molecule has 0 bridgehead atoms. The number of nitrogens with zero attached hydrogens (tertiary/aromatic N) is 3. The fraction of sp³-hybridized carbons (Fsp3) is 0.579. The van der Waals surface area contributed by atoms with Gasteiger partial charge in [0.2, 0.25) is 0 Å². The van der Waals surface area contributed by atoms with Crippen molar-refractivity contribution in [3.05, 3.63) is 41.1 Å². The highest BCUT2D eigenvalue weighted by Crippen LogP contribution is 2.26. The maximum atomic E-state index is 12.6. The van der Waals surface area contributed by atoms with Gasteiger partial charge in [0.1, 0.15) is 5.76 Å². The van der Waals surface area contributed by atoms with E-state index in [0.29, 0.717) is 24.2 Å². The molecule has 1 atom stereocenters. The first-order valence-electron chi connectivity index (χ1n) is 9.01. The lowest BCUT2D eigenvalue weighted by atomic mass is 9.91. The largest absolute Gasteiger partial charge is 0.468 e. The van der Waals surface area contributed by atoms with E-state index in [-0.39, 0.29) is 5.91 Å². The van der Waals surface area contributed by atoms with E-state index in [1.165, 1.54) is 5.69 Å². The zero-order chi connectivity index (χ0) is 18.0. The summed E-state index contributed by atoms with van der Waals surface area (Å²) >= 11 is 0. The fourth-order valence-electron chi connectivity index (χ4n) is 3.40. The van der Waals surface area contributed by atoms with Crippen LogP contribution in [0, 0.1) is 5.92 Å². The van der Waals surface area contributed by atoms with E-state index in [1.54, 1.807) is 25.3 Å². The lowest BCUT2D eigenvalue weighted by Gasteiger charge is -2.24. The molecule has 1 aliphatic rings. The first kappa shape index (κ1) is 17.7. The third kappa shape index (κ3) is 3.95. The summed E-state index contributed by atoms with van der Waals surface area (Å²) in [5.74, 6) is 1.43. The van der Waals surface area contributed by atoms with Gasteiger partial charge in [-0.2, -0.15) is 5.10 Å². The minimum absolute atomic E-state index is 0.00885. The molecule has 2 aromatic rings. The van der Waals surface area contributed by atoms with Crippen molar-refractivity contribution in [2.75, 3.05) is 14.1 Å². The number of fused-ring (bicyclic) bond motifs is 1. The van der Waals surface area contributed by atoms with E-state index in [0.717, 1.165) is 37.1 Å². The first-order valence-corrected chi connectivity index (χ1v) is 9.01. The maximum absolute atomic E-state index is 12.6. The number of carbonyl (C=O) groups is 1. The second-order valence-corrected chi connectivity index (χ2v) is 7.45. The van der Waals surface area contributed by atoms with Crippen molar-refractivity contribution in [3.8, 4) is 0 Å². The van der Waals surface area contributed by atoms with E-state index in [9.17, 15) is 4.79 Å². The van der Waals surface area contributed by atoms with Gasteiger partial charge in [0.15, 0.2) is 5.69 Å². The van der Waals surface area contributed by atoms with Crippen molar-refractivity contribution in [2.24, 2.45) is 5.92 Å². The molecule has 136 valence electrons. The van der Waals surface area contributed by atoms with Crippen molar-refractivity contribution in [3.63, 3.8) is 0 Å². The minimum atomic E-state index is -0.00885. The Morgan fingerprint density at radius 1 is 1.48 bits per heavy atom. The minimum Gasteiger partial charge on any atom is -0.468 e. The van der Waals surface area contributed by atoms with Gasteiger partial charge >= 0.3 is 0 Å². The highest BCUT2D eigenvalue weighted by molar-refractivity contribution is 5.93. The predicted molar refractivity (Wildman–Crippen MR) is 96.4 cm³/mol. The molecule has 2 heterocycles. The number of nitrogens with one attached hydrogen (secondary N) is 1. The molecule has 0 fully saturated rings. The lowest BCUT2D eigenvalue weighted by Crippen LogP contribution is -2.35. The second-order valence-electron chi connectivity index (χ2n) is 7.45. The third-order valence-corrected chi connectivity index (χ3v) is 4.64. The van der Waals surface area contributed by atoms with Gasteiger partial charge in [-0.15, -0.1) is 0 Å². The van der Waals surface area contributed by atoms with Crippen molar-refractivity contribution in [1.82, 2.24) is 20.0 Å². The molecule has 0 spiro atoms. The van der Waals surface area contributed by atoms with E-state index < -0.39 is 0 Å². The number of carbonyl (C=O) groups excluding carboxylic acids is 1. The van der Waals surface area contributed by atoms with Gasteiger partial charge in [-0.1, -0.05) is 13.8 Å². The van der Waals surface area contributed by atoms with Gasteiger partial charge in [0.05, 0.1) is 12.8 Å². The van der Waals surface area contributed by atoms with Crippen LogP contribution in [-0.4, -0.2) is 40.7 Å². The molecular weight excluding hydrogens is 316 g/mol. The molecule has 1 unspecified atom stereocenters. The molecule has 3 rings (SSSR count). The molecule has 1 N–H and O–H groups in total. The highest BCUT2D eigenvalue weighted by atomic mass is 16.3. The van der Waals surface area contributed by atoms with Crippen LogP contribution in [-0.2, 0) is 25.9 Å². The van der Waals surface area contributed by atoms with Crippen LogP contribution in [0.3, 0.4) is 0 Å². The molecule has 0 saturated carbocycles. The molecule has 25 heavy (non-hydrogen) atoms. The predicted octanol–water partition coefficient (Wildman–Crippen LogP) is 2.48. The van der Waals surface area contributed by atoms with Crippen molar-refractivity contribution in [2.45, 2.75) is 52.2 Å². The number of hydrogen-bond donors (Lipinski definition) is 1. The van der Waals surface area contributed by atoms with Crippen LogP contribution in [0.25, 0.3) is 0 Å². The van der Waals surface area contributed by atoms with Crippen LogP contribution in [0.2, 0.25) is 0 Å². The number of rotatable bonds is 6. The van der Waals surface area contributed by atoms with Crippen molar-refractivity contribution < 1.29 is 9.21 Å². The van der Waals surface area contributed by atoms with Crippen LogP contribution in [0.1, 0.15) is 47.8 Å². The van der Waals surface area contributed by atoms with Gasteiger partial charge in [-0.05, 0) is 37.3 Å². The zero-order valence-corrected chi connectivity index (χ0v) is 15.6. The average Bonchev–Trinajstić information content (AvgIpc) is 3.20. The van der Waals surface area contributed by atoms with Crippen LogP contribution < -0.4 is 5.32 Å². The summed E-state index contributed by atoms with van der Waals surface area (Å²) in [7, 11) is 3.57. The number of aromatic nitrogens is 2. The Morgan fingerprint density at radius 3 is 2.92 bits per heavy atom. The summed E-state index contributed by atoms with van der Waals surface area (Å²) in [6.07, 6.45) is 4.53. The van der Waals surface area contributed by atoms with Gasteiger partial charge < -0.3 is 14.6 Å². The third-order valence-electron chi connectivity index (χ3n) is 4.64. The monoisotopic (exact) mass is 344 g/mol. The summed E-state index contributed by atoms with van der Waals surface area (Å²) in [6.45, 7) is 5.92. The van der Waals surface area contributed by atoms with Gasteiger partial charge in [-0.3, -0.25) is 9.48 Å². The fourth-order valence-corrected chi connectivity index (χ4v) is 3.40. The SMILES string of the molecule is CC(C)Cn1nc(C(=O)N(C)C)c2c1CCC(NCc1ccco1)C2. The summed E-state index contributed by atoms with van der Waals surface area (Å²) in [5, 5.41) is 8.23. The molecular formula is C19H28N4O2. The standard InChI is InChI=1S/C19H28N4O2/c1-13(2)12-23-17-8-7-14(20-11-15-6-5-9-25-15)10-16(17)18(21-23)19(24)22(3)4/h5-6,9,13-14,20H,7-8,10-12H2,1-4H3. The zero-order valence-electron chi connectivity index (χ0n) is 15.6. The Hall–Kier alpha value is -2.08. The molecule has 6 nitrogen and oxygen atoms in total. The molecule has 2 aromatic heterocycles. The van der Waals surface area contributed by atoms with E-state index >= 15 is 0 Å². The Kier molecular flexibility index (Phi) is 5.27. The Bertz CT molecular complexity index is 716. The number of furan rings is 1. The molecule has 0 saturated heterocycles. The molecule has 6 heteroatoms. The number of amides is 1. The van der Waals surface area contributed by atoms with E-state index in [2.05, 4.69) is 28.9 Å². The summed E-state index contributed by atoms with van der Waals surface area (Å²) in [6, 6.07) is 4.21. The summed E-state index contributed by atoms with van der Waals surface area (Å²) in [4.78, 5) is 14.2. The van der Waals surface area contributed by atoms with Crippen LogP contribution in [0.15, 0.2) is 22.8 Å². The Morgan fingerprint density at radius 2 is 2.28 bits per heavy atom. The van der Waals surface area contributed by atoms with Crippen LogP contribution in [0.4, 0.5) is 0 Å². The van der Waals surface area contributed by atoms with Crippen molar-refractivity contribution >= 4 is 5.91 Å². The normalized spacial score (nSPS) is 16.9. The number of hydrogen-bond acceptors (Lipinski definition) is 4. The van der Waals surface area contributed by atoms with Gasteiger partial charge in [0, 0.05) is 37.9 Å². The van der Waals surface area contributed by atoms with Crippen molar-refractivity contribution in [1.29, 1.82) is 0 Å². The lowest BCUT2D eigenvalue weighted by molar-refractivity contribution is 0.0819. The molecule has 0 aromatic carbocycles. The molecule has 1 aliphatic carbocycles. The quantitative estimate of drug-likeness (QED) is 0.874. The van der Waals surface area contributed by atoms with Crippen LogP contribution in [0.5, 0.6) is 0 Å². The van der Waals surface area contributed by atoms with Gasteiger partial charge in [0.25, 0.3) is 5.91 Å². The first-order chi connectivity index (χ1) is 12.0. The highest BCUT2D eigenvalue weighted by Gasteiger charge is 2.29. The average molecular weight is 344 g/mol. The second kappa shape index (κ2) is 7.44. The molecule has 0 aliphatic heterocycles. The van der Waals surface area contributed by atoms with E-state index in [4.69, 9.17) is 4.42 Å². The van der Waals surface area contributed by atoms with Crippen LogP contribution >= 0.6 is 0 Å². The maximum Gasteiger partial charge on any atom is 0.274 e.